The molecule has 0 aliphatic rings. The molecule has 0 spiro atoms. The number of hydrogen-bond donors (Lipinski definition) is 0. The van der Waals surface area contributed by atoms with Gasteiger partial charge in [0.05, 0.1) is 12.2 Å². The highest BCUT2D eigenvalue weighted by atomic mass is 32.2. The first-order valence-corrected chi connectivity index (χ1v) is 7.07. The van der Waals surface area contributed by atoms with E-state index in [1.54, 1.807) is 23.9 Å². The summed E-state index contributed by atoms with van der Waals surface area (Å²) in [5.41, 5.74) is 0.577. The molecule has 90 valence electrons. The van der Waals surface area contributed by atoms with Crippen LogP contribution in [0.3, 0.4) is 0 Å². The minimum absolute atomic E-state index is 0.218. The van der Waals surface area contributed by atoms with Crippen molar-refractivity contribution in [1.82, 2.24) is 10.2 Å². The van der Waals surface area contributed by atoms with E-state index >= 15 is 0 Å². The van der Waals surface area contributed by atoms with Gasteiger partial charge in [-0.2, -0.15) is 0 Å². The third kappa shape index (κ3) is 2.95. The molecule has 1 heterocycles. The van der Waals surface area contributed by atoms with Gasteiger partial charge in [0.1, 0.15) is 10.8 Å². The molecule has 0 bridgehead atoms. The van der Waals surface area contributed by atoms with Gasteiger partial charge in [0.15, 0.2) is 4.34 Å². The van der Waals surface area contributed by atoms with Gasteiger partial charge in [-0.25, -0.2) is 4.39 Å². The number of halogens is 1. The molecule has 3 nitrogen and oxygen atoms in total. The fourth-order valence-corrected chi connectivity index (χ4v) is 2.80. The molecule has 0 saturated carbocycles. The molecule has 0 aliphatic heterocycles. The van der Waals surface area contributed by atoms with E-state index in [0.29, 0.717) is 12.2 Å². The van der Waals surface area contributed by atoms with Gasteiger partial charge in [0.25, 0.3) is 0 Å². The summed E-state index contributed by atoms with van der Waals surface area (Å²) in [7, 11) is 1.85. The van der Waals surface area contributed by atoms with E-state index in [-0.39, 0.29) is 5.82 Å². The number of hydrogen-bond acceptors (Lipinski definition) is 5. The minimum Gasteiger partial charge on any atom is -0.365 e. The molecular weight excluding hydrogens is 257 g/mol. The molecule has 2 aromatic rings. The number of nitrogens with zero attached hydrogens (tertiary/aromatic N) is 3. The summed E-state index contributed by atoms with van der Waals surface area (Å²) in [6, 6.07) is 6.72. The average molecular weight is 269 g/mol. The predicted octanol–water partition coefficient (Wildman–Crippen LogP) is 3.04. The highest BCUT2D eigenvalue weighted by molar-refractivity contribution is 8.00. The molecule has 0 fully saturated rings. The highest BCUT2D eigenvalue weighted by Gasteiger charge is 2.10. The molecule has 0 aliphatic carbocycles. The maximum atomic E-state index is 13.5. The summed E-state index contributed by atoms with van der Waals surface area (Å²) >= 11 is 3.11. The van der Waals surface area contributed by atoms with Gasteiger partial charge in [-0.3, -0.25) is 0 Å². The first-order chi connectivity index (χ1) is 8.20. The van der Waals surface area contributed by atoms with Crippen molar-refractivity contribution in [3.63, 3.8) is 0 Å². The molecule has 0 N–H and O–H groups in total. The molecule has 17 heavy (non-hydrogen) atoms. The lowest BCUT2D eigenvalue weighted by atomic mass is 10.3. The fourth-order valence-electron chi connectivity index (χ4n) is 1.43. The third-order valence-electron chi connectivity index (χ3n) is 2.26. The van der Waals surface area contributed by atoms with Crippen LogP contribution in [0.5, 0.6) is 0 Å². The number of benzene rings is 1. The van der Waals surface area contributed by atoms with Gasteiger partial charge in [-0.1, -0.05) is 35.2 Å². The first kappa shape index (κ1) is 12.3. The zero-order valence-corrected chi connectivity index (χ0v) is 11.2. The van der Waals surface area contributed by atoms with Crippen molar-refractivity contribution in [2.75, 3.05) is 18.2 Å². The second-order valence-electron chi connectivity index (χ2n) is 3.47. The molecule has 0 radical (unpaired) electrons. The third-order valence-corrected chi connectivity index (χ3v) is 4.14. The standard InChI is InChI=1S/C11H12FN3S2/c1-15(9-6-4-3-5-8(9)12)7-10-13-14-11(16-2)17-10/h3-6H,7H2,1-2H3. The zero-order chi connectivity index (χ0) is 12.3. The van der Waals surface area contributed by atoms with Crippen LogP contribution >= 0.6 is 23.1 Å². The van der Waals surface area contributed by atoms with E-state index in [1.165, 1.54) is 17.4 Å². The number of para-hydroxylation sites is 1. The Labute approximate surface area is 108 Å². The van der Waals surface area contributed by atoms with Crippen LogP contribution in [0.2, 0.25) is 0 Å². The Morgan fingerprint density at radius 1 is 1.35 bits per heavy atom. The van der Waals surface area contributed by atoms with Crippen LogP contribution in [0.1, 0.15) is 5.01 Å². The number of thioether (sulfide) groups is 1. The van der Waals surface area contributed by atoms with E-state index in [4.69, 9.17) is 0 Å². The van der Waals surface area contributed by atoms with Crippen molar-refractivity contribution in [2.24, 2.45) is 0 Å². The van der Waals surface area contributed by atoms with Crippen molar-refractivity contribution < 1.29 is 4.39 Å². The Bertz CT molecular complexity index is 501. The Morgan fingerprint density at radius 2 is 2.12 bits per heavy atom. The Hall–Kier alpha value is -1.14. The Balaban J connectivity index is 2.11. The lowest BCUT2D eigenvalue weighted by Gasteiger charge is -2.17. The van der Waals surface area contributed by atoms with Gasteiger partial charge in [-0.15, -0.1) is 10.2 Å². The van der Waals surface area contributed by atoms with Gasteiger partial charge >= 0.3 is 0 Å². The van der Waals surface area contributed by atoms with Gasteiger partial charge in [-0.05, 0) is 18.4 Å². The zero-order valence-electron chi connectivity index (χ0n) is 9.55. The van der Waals surface area contributed by atoms with Crippen LogP contribution < -0.4 is 4.90 Å². The van der Waals surface area contributed by atoms with Crippen molar-refractivity contribution >= 4 is 28.8 Å². The quantitative estimate of drug-likeness (QED) is 0.798. The molecule has 0 atom stereocenters. The van der Waals surface area contributed by atoms with Crippen molar-refractivity contribution in [1.29, 1.82) is 0 Å². The summed E-state index contributed by atoms with van der Waals surface area (Å²) in [4.78, 5) is 1.83. The Kier molecular flexibility index (Phi) is 3.96. The summed E-state index contributed by atoms with van der Waals surface area (Å²) in [5, 5.41) is 8.97. The topological polar surface area (TPSA) is 29.0 Å². The van der Waals surface area contributed by atoms with E-state index < -0.39 is 0 Å². The largest absolute Gasteiger partial charge is 0.365 e. The van der Waals surface area contributed by atoms with Crippen LogP contribution in [0.4, 0.5) is 10.1 Å². The van der Waals surface area contributed by atoms with Crippen molar-refractivity contribution in [3.8, 4) is 0 Å². The summed E-state index contributed by atoms with van der Waals surface area (Å²) < 4.78 is 14.5. The van der Waals surface area contributed by atoms with Gasteiger partial charge in [0, 0.05) is 7.05 Å². The second kappa shape index (κ2) is 5.46. The smallest absolute Gasteiger partial charge is 0.174 e. The molecule has 0 unspecified atom stereocenters. The molecule has 6 heteroatoms. The van der Waals surface area contributed by atoms with E-state index in [2.05, 4.69) is 10.2 Å². The molecule has 0 amide bonds. The minimum atomic E-state index is -0.218. The van der Waals surface area contributed by atoms with Crippen molar-refractivity contribution in [2.45, 2.75) is 10.9 Å². The predicted molar refractivity (Wildman–Crippen MR) is 70.2 cm³/mol. The number of rotatable bonds is 4. The number of aromatic nitrogens is 2. The molecule has 1 aromatic heterocycles. The van der Waals surface area contributed by atoms with Crippen molar-refractivity contribution in [3.05, 3.63) is 35.1 Å². The maximum absolute atomic E-state index is 13.5. The normalized spacial score (nSPS) is 10.5. The fraction of sp³-hybridized carbons (Fsp3) is 0.273. The summed E-state index contributed by atoms with van der Waals surface area (Å²) in [6.45, 7) is 0.569. The van der Waals surface area contributed by atoms with Crippen LogP contribution in [-0.2, 0) is 6.54 Å². The average Bonchev–Trinajstić information content (AvgIpc) is 2.77. The summed E-state index contributed by atoms with van der Waals surface area (Å²) in [6.07, 6.45) is 1.96. The van der Waals surface area contributed by atoms with Crippen LogP contribution in [-0.4, -0.2) is 23.5 Å². The van der Waals surface area contributed by atoms with Crippen LogP contribution in [0.15, 0.2) is 28.6 Å². The SMILES string of the molecule is CSc1nnc(CN(C)c2ccccc2F)s1. The lowest BCUT2D eigenvalue weighted by Crippen LogP contribution is -2.17. The highest BCUT2D eigenvalue weighted by Crippen LogP contribution is 2.23. The summed E-state index contributed by atoms with van der Waals surface area (Å²) in [5.74, 6) is -0.218. The van der Waals surface area contributed by atoms with Crippen LogP contribution in [0.25, 0.3) is 0 Å². The monoisotopic (exact) mass is 269 g/mol. The molecular formula is C11H12FN3S2. The first-order valence-electron chi connectivity index (χ1n) is 5.02. The molecule has 0 saturated heterocycles. The van der Waals surface area contributed by atoms with Gasteiger partial charge in [0.2, 0.25) is 0 Å². The lowest BCUT2D eigenvalue weighted by molar-refractivity contribution is 0.622. The molecule has 1 aromatic carbocycles. The van der Waals surface area contributed by atoms with E-state index in [0.717, 1.165) is 9.35 Å². The van der Waals surface area contributed by atoms with E-state index in [9.17, 15) is 4.39 Å². The molecule has 2 rings (SSSR count). The number of anilines is 1. The van der Waals surface area contributed by atoms with Crippen LogP contribution in [0, 0.1) is 5.82 Å². The maximum Gasteiger partial charge on any atom is 0.174 e. The van der Waals surface area contributed by atoms with E-state index in [1.807, 2.05) is 24.3 Å². The van der Waals surface area contributed by atoms with Gasteiger partial charge < -0.3 is 4.90 Å². The Morgan fingerprint density at radius 3 is 2.76 bits per heavy atom. The second-order valence-corrected chi connectivity index (χ2v) is 5.59.